The fourth-order valence-electron chi connectivity index (χ4n) is 0.682. The van der Waals surface area contributed by atoms with Gasteiger partial charge in [-0.05, 0) is 0 Å². The summed E-state index contributed by atoms with van der Waals surface area (Å²) in [5, 5.41) is 5.65. The third-order valence-electron chi connectivity index (χ3n) is 1.18. The van der Waals surface area contributed by atoms with Crippen LogP contribution < -0.4 is 4.35 Å². The first-order valence-corrected chi connectivity index (χ1v) is 5.67. The molecule has 0 saturated carbocycles. The van der Waals surface area contributed by atoms with Gasteiger partial charge >= 0.3 is 79.0 Å². The van der Waals surface area contributed by atoms with Crippen LogP contribution in [0.15, 0.2) is 39.6 Å². The van der Waals surface area contributed by atoms with Gasteiger partial charge < -0.3 is 0 Å². The molecule has 0 N–H and O–H groups in total. The van der Waals surface area contributed by atoms with Gasteiger partial charge in [-0.25, -0.2) is 0 Å². The summed E-state index contributed by atoms with van der Waals surface area (Å²) < 4.78 is 5.43. The minimum absolute atomic E-state index is 0.419. The van der Waals surface area contributed by atoms with Crippen LogP contribution in [-0.4, -0.2) is 35.1 Å². The van der Waals surface area contributed by atoms with Gasteiger partial charge in [-0.2, -0.15) is 0 Å². The zero-order valence-corrected chi connectivity index (χ0v) is 9.33. The number of hydrogen-bond acceptors (Lipinski definition) is 2. The summed E-state index contributed by atoms with van der Waals surface area (Å²) in [6.07, 6.45) is 0. The molecule has 4 heteroatoms. The Bertz CT molecular complexity index is 246. The van der Waals surface area contributed by atoms with E-state index in [0.29, 0.717) is 0 Å². The van der Waals surface area contributed by atoms with Gasteiger partial charge in [0, 0.05) is 0 Å². The molecule has 0 bridgehead atoms. The maximum atomic E-state index is 4.12. The second kappa shape index (κ2) is 4.94. The molecule has 0 heterocycles. The molecule has 0 spiro atoms. The van der Waals surface area contributed by atoms with Crippen molar-refractivity contribution in [3.05, 3.63) is 30.3 Å². The van der Waals surface area contributed by atoms with E-state index in [-0.39, 0.29) is 0 Å². The fourth-order valence-corrected chi connectivity index (χ4v) is 2.11. The van der Waals surface area contributed by atoms with E-state index in [1.165, 1.54) is 4.35 Å². The van der Waals surface area contributed by atoms with Crippen molar-refractivity contribution < 1.29 is 0 Å². The molecule has 0 aliphatic carbocycles. The van der Waals surface area contributed by atoms with E-state index in [4.69, 9.17) is 0 Å². The van der Waals surface area contributed by atoms with Gasteiger partial charge in [-0.3, -0.25) is 0 Å². The predicted octanol–water partition coefficient (Wildman–Crippen LogP) is 0.592. The van der Waals surface area contributed by atoms with E-state index in [2.05, 4.69) is 21.4 Å². The van der Waals surface area contributed by atoms with E-state index in [1.807, 2.05) is 32.3 Å². The Labute approximate surface area is 79.4 Å². The van der Waals surface area contributed by atoms with Crippen LogP contribution in [0.3, 0.4) is 0 Å². The molecular weight excluding hydrogens is 213 g/mol. The molecule has 0 aliphatic heterocycles. The van der Waals surface area contributed by atoms with Gasteiger partial charge in [0.25, 0.3) is 0 Å². The molecule has 12 heavy (non-hydrogen) atoms. The normalized spacial score (nSPS) is 11.5. The van der Waals surface area contributed by atoms with Crippen molar-refractivity contribution in [2.24, 2.45) is 9.25 Å². The van der Waals surface area contributed by atoms with Gasteiger partial charge in [0.05, 0.1) is 0 Å². The van der Waals surface area contributed by atoms with Crippen LogP contribution in [0.2, 0.25) is 0 Å². The van der Waals surface area contributed by atoms with Crippen molar-refractivity contribution in [1.82, 2.24) is 5.01 Å². The summed E-state index contributed by atoms with van der Waals surface area (Å²) in [5.41, 5.74) is 0. The first-order valence-electron chi connectivity index (χ1n) is 3.68. The van der Waals surface area contributed by atoms with Crippen LogP contribution >= 0.6 is 0 Å². The van der Waals surface area contributed by atoms with Crippen LogP contribution in [0.1, 0.15) is 0 Å². The van der Waals surface area contributed by atoms with Crippen molar-refractivity contribution in [1.29, 1.82) is 0 Å². The van der Waals surface area contributed by atoms with Gasteiger partial charge in [-0.1, -0.05) is 0 Å². The molecule has 1 aromatic rings. The van der Waals surface area contributed by atoms with Gasteiger partial charge in [0.2, 0.25) is 0 Å². The van der Waals surface area contributed by atoms with Crippen LogP contribution in [0.25, 0.3) is 0 Å². The Morgan fingerprint density at radius 1 is 1.17 bits per heavy atom. The average Bonchev–Trinajstić information content (AvgIpc) is 2.05. The van der Waals surface area contributed by atoms with Crippen molar-refractivity contribution >= 4 is 20.3 Å². The SMILES string of the molecule is CN(C)/N=N/[AsH]c1ccccc1. The molecule has 0 amide bonds. The van der Waals surface area contributed by atoms with Gasteiger partial charge in [0.15, 0.2) is 0 Å². The first kappa shape index (κ1) is 9.27. The third kappa shape index (κ3) is 3.53. The summed E-state index contributed by atoms with van der Waals surface area (Å²) in [7, 11) is 3.75. The van der Waals surface area contributed by atoms with Crippen LogP contribution in [0.5, 0.6) is 0 Å². The van der Waals surface area contributed by atoms with E-state index in [1.54, 1.807) is 5.01 Å². The molecule has 0 fully saturated rings. The molecule has 1 atom stereocenters. The van der Waals surface area contributed by atoms with Crippen LogP contribution in [-0.2, 0) is 0 Å². The molecule has 0 aromatic heterocycles. The zero-order chi connectivity index (χ0) is 8.81. The summed E-state index contributed by atoms with van der Waals surface area (Å²) in [6, 6.07) is 10.3. The van der Waals surface area contributed by atoms with E-state index < -0.39 is 16.0 Å². The Hall–Kier alpha value is -0.822. The number of hydrogen-bond donors (Lipinski definition) is 0. The molecule has 64 valence electrons. The fraction of sp³-hybridized carbons (Fsp3) is 0.250. The summed E-state index contributed by atoms with van der Waals surface area (Å²) >= 11 is -0.419. The average molecular weight is 225 g/mol. The number of nitrogens with zero attached hydrogens (tertiary/aromatic N) is 3. The van der Waals surface area contributed by atoms with E-state index in [9.17, 15) is 0 Å². The van der Waals surface area contributed by atoms with Crippen molar-refractivity contribution in [2.45, 2.75) is 0 Å². The molecule has 0 radical (unpaired) electrons. The third-order valence-corrected chi connectivity index (χ3v) is 2.82. The van der Waals surface area contributed by atoms with Crippen molar-refractivity contribution in [2.75, 3.05) is 14.1 Å². The van der Waals surface area contributed by atoms with Crippen molar-refractivity contribution in [3.63, 3.8) is 0 Å². The Kier molecular flexibility index (Phi) is 3.81. The second-order valence-electron chi connectivity index (χ2n) is 2.51. The number of benzene rings is 1. The molecular formula is C8H12AsN3. The van der Waals surface area contributed by atoms with Crippen molar-refractivity contribution in [3.8, 4) is 0 Å². The summed E-state index contributed by atoms with van der Waals surface area (Å²) in [6.45, 7) is 0. The Morgan fingerprint density at radius 2 is 1.83 bits per heavy atom. The Balaban J connectivity index is 2.43. The Morgan fingerprint density at radius 3 is 2.42 bits per heavy atom. The standard InChI is InChI=1S/C8H12AsN3/c1-12(2)11-10-9-8-6-4-3-5-7-8/h3-7,9H,1-2H3/b11-10+. The van der Waals surface area contributed by atoms with Crippen LogP contribution in [0, 0.1) is 0 Å². The van der Waals surface area contributed by atoms with E-state index in [0.717, 1.165) is 0 Å². The molecule has 1 aromatic carbocycles. The molecule has 1 unspecified atom stereocenters. The number of rotatable bonds is 3. The molecule has 0 saturated heterocycles. The quantitative estimate of drug-likeness (QED) is 0.420. The predicted molar refractivity (Wildman–Crippen MR) is 51.8 cm³/mol. The minimum atomic E-state index is -0.419. The van der Waals surface area contributed by atoms with Crippen LogP contribution in [0.4, 0.5) is 0 Å². The maximum absolute atomic E-state index is 4.12. The zero-order valence-electron chi connectivity index (χ0n) is 7.23. The second-order valence-corrected chi connectivity index (χ2v) is 4.61. The van der Waals surface area contributed by atoms with Gasteiger partial charge in [0.1, 0.15) is 0 Å². The van der Waals surface area contributed by atoms with Gasteiger partial charge in [-0.15, -0.1) is 0 Å². The molecule has 1 rings (SSSR count). The topological polar surface area (TPSA) is 28.0 Å². The first-order chi connectivity index (χ1) is 5.79. The molecule has 3 nitrogen and oxygen atoms in total. The molecule has 0 aliphatic rings. The summed E-state index contributed by atoms with van der Waals surface area (Å²) in [5.74, 6) is 0. The monoisotopic (exact) mass is 225 g/mol. The summed E-state index contributed by atoms with van der Waals surface area (Å²) in [4.78, 5) is 0. The van der Waals surface area contributed by atoms with E-state index >= 15 is 0 Å².